The lowest BCUT2D eigenvalue weighted by atomic mass is 10.2. The van der Waals surface area contributed by atoms with Crippen molar-refractivity contribution in [3.63, 3.8) is 0 Å². The molecule has 0 aliphatic carbocycles. The van der Waals surface area contributed by atoms with Gasteiger partial charge in [0.1, 0.15) is 6.54 Å². The smallest absolute Gasteiger partial charge is 0.325 e. The number of hydrogen-bond donors (Lipinski definition) is 2. The molecule has 2 N–H and O–H groups in total. The highest BCUT2D eigenvalue weighted by Gasteiger charge is 2.17. The molecule has 0 bridgehead atoms. The number of aromatic nitrogens is 3. The molecule has 0 spiro atoms. The van der Waals surface area contributed by atoms with Crippen LogP contribution in [0, 0.1) is 0 Å². The molecule has 2 aromatic rings. The van der Waals surface area contributed by atoms with Gasteiger partial charge in [-0.3, -0.25) is 9.59 Å². The molecule has 2 heterocycles. The number of anilines is 1. The van der Waals surface area contributed by atoms with Gasteiger partial charge in [0, 0.05) is 5.56 Å². The van der Waals surface area contributed by atoms with Gasteiger partial charge >= 0.3 is 5.97 Å². The zero-order chi connectivity index (χ0) is 14.8. The molecular weight excluding hydrogens is 280 g/mol. The molecule has 0 unspecified atom stereocenters. The minimum Gasteiger partial charge on any atom is -0.480 e. The average molecular weight is 290 g/mol. The first-order valence-corrected chi connectivity index (χ1v) is 5.95. The Morgan fingerprint density at radius 1 is 1.33 bits per heavy atom. The van der Waals surface area contributed by atoms with Crippen LogP contribution in [0.15, 0.2) is 24.4 Å². The summed E-state index contributed by atoms with van der Waals surface area (Å²) in [6, 6.07) is 4.78. The molecule has 1 aromatic carbocycles. The Kier molecular flexibility index (Phi) is 3.14. The fourth-order valence-electron chi connectivity index (χ4n) is 1.80. The summed E-state index contributed by atoms with van der Waals surface area (Å²) in [6.45, 7) is -0.198. The zero-order valence-corrected chi connectivity index (χ0v) is 10.6. The summed E-state index contributed by atoms with van der Waals surface area (Å²) in [5.41, 5.74) is 0.368. The highest BCUT2D eigenvalue weighted by Crippen LogP contribution is 2.32. The van der Waals surface area contributed by atoms with Gasteiger partial charge in [0.15, 0.2) is 17.3 Å². The lowest BCUT2D eigenvalue weighted by Gasteiger charge is -2.02. The number of aliphatic carboxylic acids is 1. The van der Waals surface area contributed by atoms with Gasteiger partial charge in [-0.25, -0.2) is 4.68 Å². The van der Waals surface area contributed by atoms with Crippen LogP contribution in [-0.2, 0) is 11.3 Å². The largest absolute Gasteiger partial charge is 0.480 e. The van der Waals surface area contributed by atoms with Crippen LogP contribution in [0.25, 0.3) is 0 Å². The summed E-state index contributed by atoms with van der Waals surface area (Å²) >= 11 is 0. The van der Waals surface area contributed by atoms with E-state index < -0.39 is 11.9 Å². The van der Waals surface area contributed by atoms with Crippen LogP contribution in [0.4, 0.5) is 5.82 Å². The van der Waals surface area contributed by atoms with Crippen LogP contribution in [0.1, 0.15) is 10.4 Å². The van der Waals surface area contributed by atoms with E-state index in [2.05, 4.69) is 15.6 Å². The molecule has 0 saturated carbocycles. The Bertz CT molecular complexity index is 711. The third-order valence-corrected chi connectivity index (χ3v) is 2.71. The van der Waals surface area contributed by atoms with E-state index in [4.69, 9.17) is 14.6 Å². The predicted octanol–water partition coefficient (Wildman–Crippen LogP) is 0.344. The zero-order valence-electron chi connectivity index (χ0n) is 10.6. The topological polar surface area (TPSA) is 116 Å². The van der Waals surface area contributed by atoms with Gasteiger partial charge in [-0.1, -0.05) is 5.21 Å². The van der Waals surface area contributed by atoms with Crippen LogP contribution in [0.5, 0.6) is 11.5 Å². The Morgan fingerprint density at radius 3 is 2.95 bits per heavy atom. The number of carbonyl (C=O) groups excluding carboxylic acids is 1. The lowest BCUT2D eigenvalue weighted by molar-refractivity contribution is -0.137. The van der Waals surface area contributed by atoms with Gasteiger partial charge in [-0.15, -0.1) is 5.10 Å². The molecule has 1 aromatic heterocycles. The Morgan fingerprint density at radius 2 is 2.14 bits per heavy atom. The normalized spacial score (nSPS) is 12.2. The third-order valence-electron chi connectivity index (χ3n) is 2.71. The van der Waals surface area contributed by atoms with E-state index in [1.165, 1.54) is 6.20 Å². The van der Waals surface area contributed by atoms with E-state index in [1.807, 2.05) is 0 Å². The number of carbonyl (C=O) groups is 2. The van der Waals surface area contributed by atoms with Crippen molar-refractivity contribution in [3.8, 4) is 11.5 Å². The Labute approximate surface area is 118 Å². The minimum atomic E-state index is -1.05. The fraction of sp³-hybridized carbons (Fsp3) is 0.167. The quantitative estimate of drug-likeness (QED) is 0.834. The van der Waals surface area contributed by atoms with Gasteiger partial charge in [0.05, 0.1) is 6.20 Å². The van der Waals surface area contributed by atoms with Crippen LogP contribution in [-0.4, -0.2) is 38.8 Å². The minimum absolute atomic E-state index is 0.129. The second-order valence-electron chi connectivity index (χ2n) is 4.22. The molecule has 1 aliphatic heterocycles. The first kappa shape index (κ1) is 12.9. The van der Waals surface area contributed by atoms with Crippen molar-refractivity contribution in [2.24, 2.45) is 0 Å². The second kappa shape index (κ2) is 5.12. The molecule has 1 amide bonds. The molecule has 9 heteroatoms. The first-order chi connectivity index (χ1) is 10.1. The summed E-state index contributed by atoms with van der Waals surface area (Å²) in [5, 5.41) is 18.4. The highest BCUT2D eigenvalue weighted by molar-refractivity contribution is 6.04. The van der Waals surface area contributed by atoms with Crippen LogP contribution < -0.4 is 14.8 Å². The molecule has 0 atom stereocenters. The number of nitrogens with zero attached hydrogens (tertiary/aromatic N) is 3. The predicted molar refractivity (Wildman–Crippen MR) is 68.2 cm³/mol. The maximum absolute atomic E-state index is 12.0. The van der Waals surface area contributed by atoms with E-state index in [0.29, 0.717) is 17.1 Å². The van der Waals surface area contributed by atoms with Crippen LogP contribution in [0.3, 0.4) is 0 Å². The number of amides is 1. The molecule has 9 nitrogen and oxygen atoms in total. The van der Waals surface area contributed by atoms with Crippen molar-refractivity contribution in [2.45, 2.75) is 6.54 Å². The molecule has 108 valence electrons. The van der Waals surface area contributed by atoms with Crippen molar-refractivity contribution in [1.82, 2.24) is 15.0 Å². The fourth-order valence-corrected chi connectivity index (χ4v) is 1.80. The van der Waals surface area contributed by atoms with Crippen LogP contribution >= 0.6 is 0 Å². The summed E-state index contributed by atoms with van der Waals surface area (Å²) in [5.74, 6) is -0.209. The Balaban J connectivity index is 1.71. The number of nitrogens with one attached hydrogen (secondary N) is 1. The summed E-state index contributed by atoms with van der Waals surface area (Å²) in [7, 11) is 0. The molecule has 3 rings (SSSR count). The van der Waals surface area contributed by atoms with Gasteiger partial charge in [0.2, 0.25) is 6.79 Å². The molecule has 0 radical (unpaired) electrons. The van der Waals surface area contributed by atoms with Crippen molar-refractivity contribution < 1.29 is 24.2 Å². The van der Waals surface area contributed by atoms with Crippen molar-refractivity contribution in [3.05, 3.63) is 30.0 Å². The van der Waals surface area contributed by atoms with Crippen molar-refractivity contribution in [2.75, 3.05) is 12.1 Å². The number of fused-ring (bicyclic) bond motifs is 1. The summed E-state index contributed by atoms with van der Waals surface area (Å²) < 4.78 is 11.5. The lowest BCUT2D eigenvalue weighted by Crippen LogP contribution is -2.12. The molecule has 21 heavy (non-hydrogen) atoms. The van der Waals surface area contributed by atoms with Crippen molar-refractivity contribution >= 4 is 17.7 Å². The number of ether oxygens (including phenoxy) is 2. The average Bonchev–Trinajstić information content (AvgIpc) is 3.06. The van der Waals surface area contributed by atoms with E-state index in [9.17, 15) is 9.59 Å². The van der Waals surface area contributed by atoms with Gasteiger partial charge in [-0.05, 0) is 18.2 Å². The van der Waals surface area contributed by atoms with E-state index in [-0.39, 0.29) is 19.2 Å². The summed E-state index contributed by atoms with van der Waals surface area (Å²) in [4.78, 5) is 22.6. The standard InChI is InChI=1S/C12H10N4O5/c17-11(18)5-16-4-10(14-15-16)13-12(19)7-1-2-8-9(3-7)21-6-20-8/h1-4H,5-6H2,(H,13,19)(H,17,18). The van der Waals surface area contributed by atoms with Gasteiger partial charge in [0.25, 0.3) is 5.91 Å². The van der Waals surface area contributed by atoms with Gasteiger partial charge < -0.3 is 19.9 Å². The number of benzene rings is 1. The van der Waals surface area contributed by atoms with E-state index in [0.717, 1.165) is 4.68 Å². The number of carboxylic acid groups (broad SMARTS) is 1. The second-order valence-corrected chi connectivity index (χ2v) is 4.22. The Hall–Kier alpha value is -3.10. The van der Waals surface area contributed by atoms with Crippen molar-refractivity contribution in [1.29, 1.82) is 0 Å². The first-order valence-electron chi connectivity index (χ1n) is 5.95. The molecule has 0 fully saturated rings. The maximum Gasteiger partial charge on any atom is 0.325 e. The third kappa shape index (κ3) is 2.76. The highest BCUT2D eigenvalue weighted by atomic mass is 16.7. The number of rotatable bonds is 4. The monoisotopic (exact) mass is 290 g/mol. The van der Waals surface area contributed by atoms with Crippen LogP contribution in [0.2, 0.25) is 0 Å². The number of carboxylic acids is 1. The molecule has 0 saturated heterocycles. The number of hydrogen-bond acceptors (Lipinski definition) is 6. The molecular formula is C12H10N4O5. The van der Waals surface area contributed by atoms with E-state index in [1.54, 1.807) is 18.2 Å². The maximum atomic E-state index is 12.0. The molecule has 1 aliphatic rings. The van der Waals surface area contributed by atoms with E-state index >= 15 is 0 Å². The SMILES string of the molecule is O=C(O)Cn1cc(NC(=O)c2ccc3c(c2)OCO3)nn1. The van der Waals surface area contributed by atoms with Gasteiger partial charge in [-0.2, -0.15) is 0 Å². The summed E-state index contributed by atoms with van der Waals surface area (Å²) in [6.07, 6.45) is 1.33.